The minimum absolute atomic E-state index is 0.0533. The molecule has 1 aliphatic heterocycles. The largest absolute Gasteiger partial charge is 0.351 e. The van der Waals surface area contributed by atoms with Crippen LogP contribution in [0.2, 0.25) is 5.02 Å². The van der Waals surface area contributed by atoms with Crippen LogP contribution in [0.3, 0.4) is 0 Å². The van der Waals surface area contributed by atoms with Crippen molar-refractivity contribution < 1.29 is 27.6 Å². The number of hydrogen-bond donors (Lipinski definition) is 1. The smallest absolute Gasteiger partial charge is 0.252 e. The number of aromatic nitrogens is 1. The lowest BCUT2D eigenvalue weighted by molar-refractivity contribution is -0.133. The number of rotatable bonds is 7. The summed E-state index contributed by atoms with van der Waals surface area (Å²) in [6.07, 6.45) is 0.657. The molecule has 1 saturated heterocycles. The van der Waals surface area contributed by atoms with E-state index in [1.54, 1.807) is 18.2 Å². The molecule has 3 amide bonds. The van der Waals surface area contributed by atoms with Gasteiger partial charge in [-0.1, -0.05) is 35.9 Å². The van der Waals surface area contributed by atoms with E-state index in [2.05, 4.69) is 10.3 Å². The average Bonchev–Trinajstić information content (AvgIpc) is 3.51. The summed E-state index contributed by atoms with van der Waals surface area (Å²) in [5.74, 6) is -5.21. The Morgan fingerprint density at radius 1 is 1.18 bits per heavy atom. The lowest BCUT2D eigenvalue weighted by Crippen LogP contribution is -2.56. The fraction of sp³-hybridized carbons (Fsp3) is 0.308. The van der Waals surface area contributed by atoms with Crippen LogP contribution in [0.5, 0.6) is 0 Å². The van der Waals surface area contributed by atoms with Crippen molar-refractivity contribution in [2.24, 2.45) is 0 Å². The lowest BCUT2D eigenvalue weighted by atomic mass is 9.87. The Kier molecular flexibility index (Phi) is 7.15. The van der Waals surface area contributed by atoms with Gasteiger partial charge in [0.25, 0.3) is 11.8 Å². The molecule has 1 N–H and O–H groups in total. The van der Waals surface area contributed by atoms with E-state index in [0.29, 0.717) is 5.00 Å². The molecule has 1 unspecified atom stereocenters. The number of benzene rings is 2. The van der Waals surface area contributed by atoms with Crippen LogP contribution in [-0.4, -0.2) is 40.7 Å². The van der Waals surface area contributed by atoms with E-state index in [0.717, 1.165) is 11.0 Å². The first-order valence-corrected chi connectivity index (χ1v) is 13.1. The van der Waals surface area contributed by atoms with Crippen LogP contribution in [0.1, 0.15) is 37.3 Å². The molecule has 0 radical (unpaired) electrons. The van der Waals surface area contributed by atoms with Gasteiger partial charge in [0.05, 0.1) is 11.7 Å². The van der Waals surface area contributed by atoms with Crippen molar-refractivity contribution in [3.63, 3.8) is 0 Å². The summed E-state index contributed by atoms with van der Waals surface area (Å²) < 4.78 is 41.5. The van der Waals surface area contributed by atoms with Gasteiger partial charge in [-0.05, 0) is 30.7 Å². The monoisotopic (exact) mass is 562 g/mol. The Labute approximate surface area is 225 Å². The van der Waals surface area contributed by atoms with Crippen molar-refractivity contribution in [3.05, 3.63) is 76.6 Å². The van der Waals surface area contributed by atoms with Crippen molar-refractivity contribution in [2.75, 3.05) is 9.80 Å². The van der Waals surface area contributed by atoms with E-state index in [-0.39, 0.29) is 35.0 Å². The summed E-state index contributed by atoms with van der Waals surface area (Å²) in [7, 11) is 0. The molecule has 1 saturated carbocycles. The fourth-order valence-electron chi connectivity index (χ4n) is 4.85. The van der Waals surface area contributed by atoms with Gasteiger partial charge in [-0.2, -0.15) is 0 Å². The quantitative estimate of drug-likeness (QED) is 0.433. The van der Waals surface area contributed by atoms with Crippen LogP contribution in [0.4, 0.5) is 23.9 Å². The van der Waals surface area contributed by atoms with E-state index in [1.807, 2.05) is 0 Å². The summed E-state index contributed by atoms with van der Waals surface area (Å²) >= 11 is 7.65. The van der Waals surface area contributed by atoms with E-state index in [1.165, 1.54) is 52.2 Å². The van der Waals surface area contributed by atoms with Gasteiger partial charge in [0.2, 0.25) is 11.8 Å². The maximum absolute atomic E-state index is 14.4. The van der Waals surface area contributed by atoms with Gasteiger partial charge >= 0.3 is 0 Å². The number of carbonyl (C=O) groups is 3. The maximum atomic E-state index is 14.4. The Morgan fingerprint density at radius 3 is 2.61 bits per heavy atom. The first kappa shape index (κ1) is 26.2. The molecular weight excluding hydrogens is 541 g/mol. The summed E-state index contributed by atoms with van der Waals surface area (Å²) in [4.78, 5) is 47.2. The highest BCUT2D eigenvalue weighted by molar-refractivity contribution is 7.14. The zero-order valence-electron chi connectivity index (χ0n) is 19.8. The molecule has 0 bridgehead atoms. The minimum Gasteiger partial charge on any atom is -0.351 e. The van der Waals surface area contributed by atoms with E-state index in [9.17, 15) is 27.6 Å². The predicted molar refractivity (Wildman–Crippen MR) is 137 cm³/mol. The van der Waals surface area contributed by atoms with Crippen LogP contribution in [0.15, 0.2) is 60.2 Å². The fourth-order valence-corrected chi connectivity index (χ4v) is 5.78. The Hall–Kier alpha value is -3.44. The topological polar surface area (TPSA) is 82.6 Å². The summed E-state index contributed by atoms with van der Waals surface area (Å²) in [5, 5.41) is 3.22. The van der Waals surface area contributed by atoms with Gasteiger partial charge in [0.1, 0.15) is 22.9 Å². The third-order valence-corrected chi connectivity index (χ3v) is 7.74. The van der Waals surface area contributed by atoms with E-state index in [4.69, 9.17) is 11.6 Å². The van der Waals surface area contributed by atoms with Crippen molar-refractivity contribution in [1.82, 2.24) is 10.3 Å². The molecule has 2 fully saturated rings. The molecular formula is C26H22ClF3N4O3S. The van der Waals surface area contributed by atoms with Gasteiger partial charge in [0, 0.05) is 41.6 Å². The molecule has 12 heteroatoms. The molecule has 3 aromatic rings. The van der Waals surface area contributed by atoms with Crippen molar-refractivity contribution >= 4 is 51.3 Å². The molecule has 38 heavy (non-hydrogen) atoms. The van der Waals surface area contributed by atoms with Gasteiger partial charge in [0.15, 0.2) is 0 Å². The standard InChI is InChI=1S/C26H22ClF3N4O3S/c27-19-7-2-1-6-18(19)23(24(36)32-16-11-26(29,30)12-16)33(17-5-3-4-15(28)10-17)25(37)20-8-9-21(35)34(20)22-13-31-14-38-22/h1-7,10,13-14,16,20,23H,8-9,11-12H2,(H,32,36)/t20-,23?/m0/s1. The Balaban J connectivity index is 1.59. The molecule has 0 spiro atoms. The predicted octanol–water partition coefficient (Wildman–Crippen LogP) is 5.12. The average molecular weight is 563 g/mol. The van der Waals surface area contributed by atoms with Crippen LogP contribution >= 0.6 is 22.9 Å². The molecule has 2 aromatic carbocycles. The van der Waals surface area contributed by atoms with Gasteiger partial charge in [-0.25, -0.2) is 13.2 Å². The third kappa shape index (κ3) is 5.12. The number of amides is 3. The zero-order chi connectivity index (χ0) is 27.0. The highest BCUT2D eigenvalue weighted by Crippen LogP contribution is 2.40. The molecule has 1 aliphatic carbocycles. The SMILES string of the molecule is O=C(NC1CC(F)(F)C1)C(c1ccccc1Cl)N(C(=O)[C@@H]1CCC(=O)N1c1cncs1)c1cccc(F)c1. The highest BCUT2D eigenvalue weighted by atomic mass is 35.5. The van der Waals surface area contributed by atoms with Crippen LogP contribution in [0.25, 0.3) is 0 Å². The Morgan fingerprint density at radius 2 is 1.95 bits per heavy atom. The van der Waals surface area contributed by atoms with Gasteiger partial charge in [-0.15, -0.1) is 11.3 Å². The number of alkyl halides is 2. The number of nitrogens with one attached hydrogen (secondary N) is 1. The molecule has 2 aliphatic rings. The Bertz CT molecular complexity index is 1370. The second-order valence-corrected chi connectivity index (χ2v) is 10.5. The van der Waals surface area contributed by atoms with Crippen molar-refractivity contribution in [3.8, 4) is 0 Å². The van der Waals surface area contributed by atoms with Crippen LogP contribution < -0.4 is 15.1 Å². The number of hydrogen-bond acceptors (Lipinski definition) is 5. The lowest BCUT2D eigenvalue weighted by Gasteiger charge is -2.39. The van der Waals surface area contributed by atoms with Gasteiger partial charge in [-0.3, -0.25) is 29.2 Å². The number of nitrogens with zero attached hydrogens (tertiary/aromatic N) is 3. The maximum Gasteiger partial charge on any atom is 0.252 e. The number of anilines is 2. The van der Waals surface area contributed by atoms with Crippen LogP contribution in [-0.2, 0) is 14.4 Å². The second kappa shape index (κ2) is 10.4. The highest BCUT2D eigenvalue weighted by Gasteiger charge is 2.48. The second-order valence-electron chi connectivity index (χ2n) is 9.24. The molecule has 1 aromatic heterocycles. The molecule has 2 atom stereocenters. The van der Waals surface area contributed by atoms with E-state index < -0.39 is 54.5 Å². The normalized spacial score (nSPS) is 19.6. The number of thiazole rings is 1. The third-order valence-electron chi connectivity index (χ3n) is 6.62. The summed E-state index contributed by atoms with van der Waals surface area (Å²) in [6.45, 7) is 0. The number of carbonyl (C=O) groups excluding carboxylic acids is 3. The van der Waals surface area contributed by atoms with Crippen molar-refractivity contribution in [2.45, 2.75) is 49.7 Å². The summed E-state index contributed by atoms with van der Waals surface area (Å²) in [5.41, 5.74) is 1.81. The van der Waals surface area contributed by atoms with Gasteiger partial charge < -0.3 is 5.32 Å². The first-order valence-electron chi connectivity index (χ1n) is 11.9. The van der Waals surface area contributed by atoms with E-state index >= 15 is 0 Å². The molecule has 7 nitrogen and oxygen atoms in total. The number of halogens is 4. The molecule has 2 heterocycles. The summed E-state index contributed by atoms with van der Waals surface area (Å²) in [6, 6.07) is 8.25. The van der Waals surface area contributed by atoms with Crippen molar-refractivity contribution in [1.29, 1.82) is 0 Å². The minimum atomic E-state index is -2.88. The molecule has 5 rings (SSSR count). The van der Waals surface area contributed by atoms with Crippen LogP contribution in [0, 0.1) is 5.82 Å². The molecule has 198 valence electrons. The zero-order valence-corrected chi connectivity index (χ0v) is 21.4. The first-order chi connectivity index (χ1) is 18.1.